The molecule has 4 rings (SSSR count). The number of rotatable bonds is 3. The van der Waals surface area contributed by atoms with E-state index < -0.39 is 0 Å². The van der Waals surface area contributed by atoms with Crippen LogP contribution in [-0.2, 0) is 39.0 Å². The molecule has 4 aromatic rings. The van der Waals surface area contributed by atoms with Crippen molar-refractivity contribution in [2.45, 2.75) is 19.8 Å². The Morgan fingerprint density at radius 1 is 0.760 bits per heavy atom. The second-order valence-corrected chi connectivity index (χ2v) is 5.80. The minimum atomic E-state index is 0. The van der Waals surface area contributed by atoms with E-state index in [1.165, 1.54) is 32.7 Å². The molecule has 0 aliphatic heterocycles. The first kappa shape index (κ1) is 21.8. The van der Waals surface area contributed by atoms with Gasteiger partial charge in [0.2, 0.25) is 0 Å². The van der Waals surface area contributed by atoms with Crippen LogP contribution in [0.2, 0.25) is 0 Å². The second kappa shape index (κ2) is 10.7. The smallest absolute Gasteiger partial charge is 1.00 e. The van der Waals surface area contributed by atoms with Crippen LogP contribution in [0.5, 0.6) is 0 Å². The van der Waals surface area contributed by atoms with Gasteiger partial charge in [-0.25, -0.2) is 0 Å². The third-order valence-electron chi connectivity index (χ3n) is 4.06. The fourth-order valence-corrected chi connectivity index (χ4v) is 3.01. The zero-order valence-corrected chi connectivity index (χ0v) is 17.6. The Morgan fingerprint density at radius 2 is 1.12 bits per heavy atom. The van der Waals surface area contributed by atoms with Crippen LogP contribution in [0.15, 0.2) is 72.8 Å². The third-order valence-corrected chi connectivity index (χ3v) is 4.06. The summed E-state index contributed by atoms with van der Waals surface area (Å²) in [5.74, 6) is 0. The van der Waals surface area contributed by atoms with E-state index in [9.17, 15) is 0 Å². The van der Waals surface area contributed by atoms with E-state index in [0.717, 1.165) is 12.8 Å². The van der Waals surface area contributed by atoms with Gasteiger partial charge in [-0.3, -0.25) is 0 Å². The van der Waals surface area contributed by atoms with E-state index in [1.54, 1.807) is 6.92 Å². The molecule has 1 radical (unpaired) electrons. The standard InChI is InChI=1S/C20H16.C2H6O.ClH.Zr/c1-2-6-18-12-15(11-17(18)5-1)9-10-16-13-19-7-3-4-8-20(19)14-16;1-2-3;;/h1-8,11-14H,9-10H2;3H,2H2,1H3;1H;/q-2;;;+3/p-1. The van der Waals surface area contributed by atoms with E-state index in [4.69, 9.17) is 5.11 Å². The van der Waals surface area contributed by atoms with Gasteiger partial charge in [-0.15, -0.1) is 81.2 Å². The fourth-order valence-electron chi connectivity index (χ4n) is 3.01. The minimum absolute atomic E-state index is 0. The van der Waals surface area contributed by atoms with Crippen LogP contribution in [0.1, 0.15) is 18.1 Å². The zero-order chi connectivity index (χ0) is 16.1. The van der Waals surface area contributed by atoms with E-state index >= 15 is 0 Å². The van der Waals surface area contributed by atoms with Gasteiger partial charge in [0, 0.05) is 6.61 Å². The average Bonchev–Trinajstić information content (AvgIpc) is 3.16. The predicted molar refractivity (Wildman–Crippen MR) is 99.2 cm³/mol. The molecule has 0 saturated carbocycles. The summed E-state index contributed by atoms with van der Waals surface area (Å²) in [7, 11) is 0. The van der Waals surface area contributed by atoms with Crippen LogP contribution in [-0.4, -0.2) is 11.7 Å². The molecule has 1 N–H and O–H groups in total. The monoisotopic (exact) mass is 427 g/mol. The normalized spacial score (nSPS) is 9.84. The quantitative estimate of drug-likeness (QED) is 0.496. The molecule has 127 valence electrons. The molecule has 0 unspecified atom stereocenters. The number of aliphatic hydroxyl groups is 1. The van der Waals surface area contributed by atoms with E-state index in [-0.39, 0.29) is 45.2 Å². The molecule has 0 fully saturated rings. The summed E-state index contributed by atoms with van der Waals surface area (Å²) >= 11 is 0. The van der Waals surface area contributed by atoms with Crippen molar-refractivity contribution in [2.24, 2.45) is 0 Å². The van der Waals surface area contributed by atoms with Crippen LogP contribution in [0, 0.1) is 0 Å². The summed E-state index contributed by atoms with van der Waals surface area (Å²) in [4.78, 5) is 0. The van der Waals surface area contributed by atoms with Crippen LogP contribution in [0.25, 0.3) is 21.5 Å². The molecule has 0 aromatic heterocycles. The molecule has 0 amide bonds. The molecule has 0 aliphatic rings. The van der Waals surface area contributed by atoms with Crippen molar-refractivity contribution in [2.75, 3.05) is 6.61 Å². The summed E-state index contributed by atoms with van der Waals surface area (Å²) in [6.07, 6.45) is 2.23. The minimum Gasteiger partial charge on any atom is -1.00 e. The molecule has 0 atom stereocenters. The largest absolute Gasteiger partial charge is 3.00 e. The van der Waals surface area contributed by atoms with Gasteiger partial charge in [-0.2, -0.15) is 12.1 Å². The third kappa shape index (κ3) is 5.64. The molecule has 0 aliphatic carbocycles. The Labute approximate surface area is 174 Å². The van der Waals surface area contributed by atoms with Crippen molar-refractivity contribution >= 4 is 21.5 Å². The fraction of sp³-hybridized carbons (Fsp3) is 0.182. The number of hydrogen-bond donors (Lipinski definition) is 1. The van der Waals surface area contributed by atoms with E-state index in [1.807, 2.05) is 0 Å². The molecular weight excluding hydrogens is 407 g/mol. The van der Waals surface area contributed by atoms with E-state index in [2.05, 4.69) is 72.8 Å². The first-order chi connectivity index (χ1) is 11.3. The summed E-state index contributed by atoms with van der Waals surface area (Å²) in [6, 6.07) is 26.5. The first-order valence-corrected chi connectivity index (χ1v) is 8.19. The molecule has 25 heavy (non-hydrogen) atoms. The Morgan fingerprint density at radius 3 is 1.48 bits per heavy atom. The van der Waals surface area contributed by atoms with Crippen molar-refractivity contribution in [3.8, 4) is 0 Å². The van der Waals surface area contributed by atoms with Crippen LogP contribution in [0.3, 0.4) is 0 Å². The van der Waals surface area contributed by atoms with Crippen molar-refractivity contribution in [1.82, 2.24) is 0 Å². The van der Waals surface area contributed by atoms with Gasteiger partial charge in [-0.05, 0) is 19.8 Å². The molecule has 0 spiro atoms. The Bertz CT molecular complexity index is 751. The van der Waals surface area contributed by atoms with Gasteiger partial charge in [0.15, 0.2) is 0 Å². The molecule has 0 saturated heterocycles. The summed E-state index contributed by atoms with van der Waals surface area (Å²) in [6.45, 7) is 1.93. The molecule has 0 heterocycles. The number of aryl methyl sites for hydroxylation is 2. The van der Waals surface area contributed by atoms with Gasteiger partial charge in [0.25, 0.3) is 0 Å². The van der Waals surface area contributed by atoms with Gasteiger partial charge >= 0.3 is 26.2 Å². The van der Waals surface area contributed by atoms with Gasteiger partial charge in [0.1, 0.15) is 0 Å². The Kier molecular flexibility index (Phi) is 9.35. The molecular formula is C22H22ClOZr. The summed E-state index contributed by atoms with van der Waals surface area (Å²) in [5, 5.41) is 13.0. The number of benzene rings is 2. The maximum atomic E-state index is 7.57. The average molecular weight is 429 g/mol. The predicted octanol–water partition coefficient (Wildman–Crippen LogP) is 2.22. The van der Waals surface area contributed by atoms with Crippen LogP contribution < -0.4 is 12.4 Å². The number of hydrogen-bond acceptors (Lipinski definition) is 1. The maximum absolute atomic E-state index is 7.57. The molecule has 3 heteroatoms. The van der Waals surface area contributed by atoms with Crippen LogP contribution >= 0.6 is 0 Å². The summed E-state index contributed by atoms with van der Waals surface area (Å²) < 4.78 is 0. The second-order valence-electron chi connectivity index (χ2n) is 5.80. The maximum Gasteiger partial charge on any atom is 3.00 e. The van der Waals surface area contributed by atoms with Gasteiger partial charge < -0.3 is 17.5 Å². The van der Waals surface area contributed by atoms with Gasteiger partial charge in [0.05, 0.1) is 0 Å². The number of fused-ring (bicyclic) bond motifs is 2. The van der Waals surface area contributed by atoms with Crippen molar-refractivity contribution in [3.05, 3.63) is 83.9 Å². The zero-order valence-electron chi connectivity index (χ0n) is 14.4. The first-order valence-electron chi connectivity index (χ1n) is 8.19. The van der Waals surface area contributed by atoms with Crippen molar-refractivity contribution in [3.63, 3.8) is 0 Å². The molecule has 1 nitrogen and oxygen atoms in total. The van der Waals surface area contributed by atoms with E-state index in [0.29, 0.717) is 0 Å². The van der Waals surface area contributed by atoms with Crippen LogP contribution in [0.4, 0.5) is 0 Å². The van der Waals surface area contributed by atoms with Crippen molar-refractivity contribution in [1.29, 1.82) is 0 Å². The number of halogens is 1. The summed E-state index contributed by atoms with van der Waals surface area (Å²) in [5.41, 5.74) is 2.88. The number of aliphatic hydroxyl groups excluding tert-OH is 1. The molecule has 0 bridgehead atoms. The Balaban J connectivity index is 0.000000586. The topological polar surface area (TPSA) is 20.2 Å². The Hall–Kier alpha value is -1.21. The SMILES string of the molecule is CCO.[Cl-].[Zr+3].c1ccc2[cH-]c(CCc3cc4ccccc4[cH-]3)cc2c1. The molecule has 4 aromatic carbocycles. The van der Waals surface area contributed by atoms with Gasteiger partial charge in [-0.1, -0.05) is 12.1 Å². The van der Waals surface area contributed by atoms with Crippen molar-refractivity contribution < 1.29 is 43.7 Å².